The number of benzene rings is 1. The predicted molar refractivity (Wildman–Crippen MR) is 80.1 cm³/mol. The molecule has 0 aliphatic carbocycles. The summed E-state index contributed by atoms with van der Waals surface area (Å²) in [6, 6.07) is 6.23. The Kier molecular flexibility index (Phi) is 4.22. The maximum atomic E-state index is 11.3. The van der Waals surface area contributed by atoms with Crippen LogP contribution in [0, 0.1) is 6.92 Å². The average Bonchev–Trinajstić information content (AvgIpc) is 2.44. The van der Waals surface area contributed by atoms with Crippen LogP contribution in [0.5, 0.6) is 11.5 Å². The number of nitrogens with zero attached hydrogens (tertiary/aromatic N) is 2. The highest BCUT2D eigenvalue weighted by Gasteiger charge is 2.07. The molecule has 0 radical (unpaired) electrons. The molecule has 0 aliphatic heterocycles. The van der Waals surface area contributed by atoms with Crippen molar-refractivity contribution in [1.82, 2.24) is 9.97 Å². The van der Waals surface area contributed by atoms with E-state index in [2.05, 4.69) is 20.5 Å². The van der Waals surface area contributed by atoms with Crippen LogP contribution in [-0.2, 0) is 0 Å². The minimum absolute atomic E-state index is 0.0875. The number of methoxy groups -OCH3 is 1. The molecule has 0 bridgehead atoms. The maximum Gasteiger partial charge on any atom is 0.252 e. The molecule has 1 aromatic heterocycles. The van der Waals surface area contributed by atoms with Gasteiger partial charge in [-0.05, 0) is 32.0 Å². The maximum absolute atomic E-state index is 11.3. The molecule has 0 saturated carbocycles. The number of aryl methyl sites for hydroxylation is 1. The lowest BCUT2D eigenvalue weighted by Gasteiger charge is -2.07. The molecular formula is C14H16N4O3. The molecule has 0 aliphatic rings. The molecule has 2 aromatic rings. The molecule has 21 heavy (non-hydrogen) atoms. The smallest absolute Gasteiger partial charge is 0.252 e. The van der Waals surface area contributed by atoms with Gasteiger partial charge in [-0.15, -0.1) is 0 Å². The molecule has 110 valence electrons. The first-order valence-corrected chi connectivity index (χ1v) is 6.25. The highest BCUT2D eigenvalue weighted by Crippen LogP contribution is 2.23. The van der Waals surface area contributed by atoms with Gasteiger partial charge in [0.1, 0.15) is 11.5 Å². The van der Waals surface area contributed by atoms with Gasteiger partial charge in [0, 0.05) is 17.3 Å². The minimum Gasteiger partial charge on any atom is -0.507 e. The van der Waals surface area contributed by atoms with Gasteiger partial charge in [-0.3, -0.25) is 9.78 Å². The van der Waals surface area contributed by atoms with E-state index < -0.39 is 0 Å². The van der Waals surface area contributed by atoms with Crippen molar-refractivity contribution >= 4 is 11.7 Å². The van der Waals surface area contributed by atoms with Crippen molar-refractivity contribution in [2.45, 2.75) is 13.8 Å². The number of H-pyrrole nitrogens is 1. The number of anilines is 1. The summed E-state index contributed by atoms with van der Waals surface area (Å²) in [6.45, 7) is 3.43. The lowest BCUT2D eigenvalue weighted by molar-refractivity contribution is 0.412. The number of phenols is 1. The fourth-order valence-electron chi connectivity index (χ4n) is 1.76. The predicted octanol–water partition coefficient (Wildman–Crippen LogP) is 1.63. The van der Waals surface area contributed by atoms with Crippen LogP contribution in [0.4, 0.5) is 5.95 Å². The van der Waals surface area contributed by atoms with Gasteiger partial charge in [-0.1, -0.05) is 0 Å². The summed E-state index contributed by atoms with van der Waals surface area (Å²) in [5, 5.41) is 14.0. The lowest BCUT2D eigenvalue weighted by Crippen LogP contribution is -2.11. The van der Waals surface area contributed by atoms with Gasteiger partial charge in [0.2, 0.25) is 5.95 Å². The third-order valence-corrected chi connectivity index (χ3v) is 2.79. The summed E-state index contributed by atoms with van der Waals surface area (Å²) in [5.41, 5.74) is 4.03. The van der Waals surface area contributed by atoms with Gasteiger partial charge in [0.25, 0.3) is 5.56 Å². The SMILES string of the molecule is COc1ccc(O)c(/C(C)=N/Nc2nc(C)cc(=O)[nH]2)c1. The number of phenolic OH excluding ortho intramolecular Hbond substituents is 1. The van der Waals surface area contributed by atoms with E-state index >= 15 is 0 Å². The second kappa shape index (κ2) is 6.08. The van der Waals surface area contributed by atoms with Gasteiger partial charge in [-0.25, -0.2) is 10.4 Å². The Bertz CT molecular complexity index is 737. The topological polar surface area (TPSA) is 99.6 Å². The first kappa shape index (κ1) is 14.6. The zero-order chi connectivity index (χ0) is 15.4. The lowest BCUT2D eigenvalue weighted by atomic mass is 10.1. The largest absolute Gasteiger partial charge is 0.507 e. The molecule has 0 amide bonds. The van der Waals surface area contributed by atoms with Crippen LogP contribution in [0.2, 0.25) is 0 Å². The molecular weight excluding hydrogens is 272 g/mol. The van der Waals surface area contributed by atoms with Crippen LogP contribution in [0.15, 0.2) is 34.2 Å². The first-order chi connectivity index (χ1) is 9.99. The van der Waals surface area contributed by atoms with Crippen LogP contribution >= 0.6 is 0 Å². The second-order valence-electron chi connectivity index (χ2n) is 4.43. The highest BCUT2D eigenvalue weighted by molar-refractivity contribution is 6.01. The Morgan fingerprint density at radius 3 is 2.86 bits per heavy atom. The Labute approximate surface area is 121 Å². The molecule has 7 nitrogen and oxygen atoms in total. The quantitative estimate of drug-likeness (QED) is 0.586. The van der Waals surface area contributed by atoms with Crippen LogP contribution in [0.1, 0.15) is 18.2 Å². The second-order valence-corrected chi connectivity index (χ2v) is 4.43. The van der Waals surface area contributed by atoms with E-state index in [9.17, 15) is 9.90 Å². The van der Waals surface area contributed by atoms with E-state index in [4.69, 9.17) is 4.74 Å². The monoisotopic (exact) mass is 288 g/mol. The van der Waals surface area contributed by atoms with E-state index in [-0.39, 0.29) is 17.3 Å². The number of ether oxygens (including phenoxy) is 1. The zero-order valence-electron chi connectivity index (χ0n) is 12.0. The minimum atomic E-state index is -0.262. The van der Waals surface area contributed by atoms with Gasteiger partial charge in [-0.2, -0.15) is 5.10 Å². The summed E-state index contributed by atoms with van der Waals surface area (Å²) in [6.07, 6.45) is 0. The standard InChI is InChI=1S/C14H16N4O3/c1-8-6-13(20)16-14(15-8)18-17-9(2)11-7-10(21-3)4-5-12(11)19/h4-7,19H,1-3H3,(H2,15,16,18,20)/b17-9+. The van der Waals surface area contributed by atoms with Gasteiger partial charge in [0.15, 0.2) is 0 Å². The van der Waals surface area contributed by atoms with Crippen molar-refractivity contribution in [3.63, 3.8) is 0 Å². The molecule has 0 saturated heterocycles. The first-order valence-electron chi connectivity index (χ1n) is 6.25. The average molecular weight is 288 g/mol. The Morgan fingerprint density at radius 2 is 2.19 bits per heavy atom. The number of nitrogens with one attached hydrogen (secondary N) is 2. The van der Waals surface area contributed by atoms with Crippen molar-refractivity contribution < 1.29 is 9.84 Å². The third-order valence-electron chi connectivity index (χ3n) is 2.79. The summed E-state index contributed by atoms with van der Waals surface area (Å²) in [4.78, 5) is 17.9. The third kappa shape index (κ3) is 3.59. The van der Waals surface area contributed by atoms with Crippen LogP contribution < -0.4 is 15.7 Å². The number of aromatic nitrogens is 2. The molecule has 1 heterocycles. The van der Waals surface area contributed by atoms with Crippen LogP contribution in [0.3, 0.4) is 0 Å². The Hall–Kier alpha value is -2.83. The van der Waals surface area contributed by atoms with E-state index in [0.29, 0.717) is 22.7 Å². The molecule has 0 unspecified atom stereocenters. The van der Waals surface area contributed by atoms with Gasteiger partial charge >= 0.3 is 0 Å². The van der Waals surface area contributed by atoms with Crippen molar-refractivity contribution in [3.8, 4) is 11.5 Å². The summed E-state index contributed by atoms with van der Waals surface area (Å²) in [5.74, 6) is 0.936. The summed E-state index contributed by atoms with van der Waals surface area (Å²) >= 11 is 0. The molecule has 7 heteroatoms. The van der Waals surface area contributed by atoms with Gasteiger partial charge in [0.05, 0.1) is 12.8 Å². The van der Waals surface area contributed by atoms with Crippen molar-refractivity contribution in [1.29, 1.82) is 0 Å². The Balaban J connectivity index is 2.27. The normalized spacial score (nSPS) is 11.3. The molecule has 0 atom stereocenters. The molecule has 0 spiro atoms. The van der Waals surface area contributed by atoms with E-state index in [1.165, 1.54) is 12.1 Å². The number of hydrogen-bond donors (Lipinski definition) is 3. The van der Waals surface area contributed by atoms with Crippen molar-refractivity contribution in [2.24, 2.45) is 5.10 Å². The number of rotatable bonds is 4. The van der Waals surface area contributed by atoms with E-state index in [0.717, 1.165) is 0 Å². The molecule has 0 fully saturated rings. The number of hydrazone groups is 1. The highest BCUT2D eigenvalue weighted by atomic mass is 16.5. The summed E-state index contributed by atoms with van der Waals surface area (Å²) in [7, 11) is 1.54. The van der Waals surface area contributed by atoms with E-state index in [1.54, 1.807) is 33.1 Å². The molecule has 1 aromatic carbocycles. The number of aromatic hydroxyl groups is 1. The van der Waals surface area contributed by atoms with Gasteiger partial charge < -0.3 is 9.84 Å². The molecule has 3 N–H and O–H groups in total. The van der Waals surface area contributed by atoms with Crippen molar-refractivity contribution in [3.05, 3.63) is 45.9 Å². The molecule has 2 rings (SSSR count). The number of hydrogen-bond acceptors (Lipinski definition) is 6. The van der Waals surface area contributed by atoms with Crippen molar-refractivity contribution in [2.75, 3.05) is 12.5 Å². The fraction of sp³-hybridized carbons (Fsp3) is 0.214. The number of aromatic amines is 1. The van der Waals surface area contributed by atoms with Crippen LogP contribution in [0.25, 0.3) is 0 Å². The zero-order valence-corrected chi connectivity index (χ0v) is 12.0. The Morgan fingerprint density at radius 1 is 1.43 bits per heavy atom. The summed E-state index contributed by atoms with van der Waals surface area (Å²) < 4.78 is 5.11. The van der Waals surface area contributed by atoms with Crippen LogP contribution in [-0.4, -0.2) is 27.9 Å². The van der Waals surface area contributed by atoms with E-state index in [1.807, 2.05) is 0 Å². The fourth-order valence-corrected chi connectivity index (χ4v) is 1.76.